The van der Waals surface area contributed by atoms with Crippen LogP contribution in [0.15, 0.2) is 18.2 Å². The van der Waals surface area contributed by atoms with Crippen LogP contribution in [0.3, 0.4) is 0 Å². The Kier molecular flexibility index (Phi) is 2.65. The molecule has 0 spiro atoms. The zero-order valence-corrected chi connectivity index (χ0v) is 8.14. The Labute approximate surface area is 80.2 Å². The zero-order chi connectivity index (χ0) is 9.10. The molecular formula is C12H16N. The van der Waals surface area contributed by atoms with Crippen molar-refractivity contribution in [3.05, 3.63) is 35.4 Å². The Morgan fingerprint density at radius 3 is 2.77 bits per heavy atom. The maximum Gasteiger partial charge on any atom is -0.00431 e. The molecule has 1 aliphatic rings. The first-order chi connectivity index (χ1) is 6.36. The highest BCUT2D eigenvalue weighted by molar-refractivity contribution is 5.24. The fourth-order valence-electron chi connectivity index (χ4n) is 1.98. The average molecular weight is 174 g/mol. The molecule has 0 aliphatic carbocycles. The van der Waals surface area contributed by atoms with Crippen LogP contribution in [0.25, 0.3) is 0 Å². The monoisotopic (exact) mass is 174 g/mol. The van der Waals surface area contributed by atoms with Gasteiger partial charge in [0, 0.05) is 0 Å². The average Bonchev–Trinajstić information content (AvgIpc) is 2.19. The van der Waals surface area contributed by atoms with Gasteiger partial charge in [-0.2, -0.15) is 0 Å². The molecule has 69 valence electrons. The van der Waals surface area contributed by atoms with Gasteiger partial charge in [0.2, 0.25) is 0 Å². The molecule has 1 N–H and O–H groups in total. The molecular weight excluding hydrogens is 158 g/mol. The number of aryl methyl sites for hydroxylation is 1. The Bertz CT molecular complexity index is 274. The first kappa shape index (κ1) is 8.76. The van der Waals surface area contributed by atoms with E-state index in [4.69, 9.17) is 0 Å². The van der Waals surface area contributed by atoms with Crippen molar-refractivity contribution in [2.75, 3.05) is 13.1 Å². The third-order valence-corrected chi connectivity index (χ3v) is 2.74. The highest BCUT2D eigenvalue weighted by atomic mass is 14.9. The smallest absolute Gasteiger partial charge is 0.00431 e. The maximum atomic E-state index is 3.45. The summed E-state index contributed by atoms with van der Waals surface area (Å²) in [4.78, 5) is 0. The summed E-state index contributed by atoms with van der Waals surface area (Å²) in [5, 5.41) is 3.39. The number of rotatable bonds is 1. The summed E-state index contributed by atoms with van der Waals surface area (Å²) in [6, 6.07) is 9.92. The molecule has 1 saturated heterocycles. The predicted molar refractivity (Wildman–Crippen MR) is 54.9 cm³/mol. The lowest BCUT2D eigenvalue weighted by atomic mass is 9.89. The van der Waals surface area contributed by atoms with E-state index >= 15 is 0 Å². The van der Waals surface area contributed by atoms with Crippen molar-refractivity contribution in [3.8, 4) is 0 Å². The molecule has 0 aromatic heterocycles. The number of nitrogens with one attached hydrogen (secondary N) is 1. The molecule has 1 nitrogen and oxygen atoms in total. The van der Waals surface area contributed by atoms with Gasteiger partial charge in [-0.1, -0.05) is 18.2 Å². The summed E-state index contributed by atoms with van der Waals surface area (Å²) < 4.78 is 0. The summed E-state index contributed by atoms with van der Waals surface area (Å²) in [5.74, 6) is 0.737. The summed E-state index contributed by atoms with van der Waals surface area (Å²) in [6.07, 6.45) is 2.53. The molecule has 0 saturated carbocycles. The van der Waals surface area contributed by atoms with Gasteiger partial charge in [-0.05, 0) is 56.0 Å². The van der Waals surface area contributed by atoms with Gasteiger partial charge in [-0.3, -0.25) is 0 Å². The molecule has 13 heavy (non-hydrogen) atoms. The van der Waals surface area contributed by atoms with Crippen molar-refractivity contribution in [2.45, 2.75) is 25.7 Å². The molecule has 1 radical (unpaired) electrons. The van der Waals surface area contributed by atoms with E-state index in [1.54, 1.807) is 0 Å². The molecule has 0 bridgehead atoms. The topological polar surface area (TPSA) is 12.0 Å². The van der Waals surface area contributed by atoms with E-state index in [2.05, 4.69) is 36.5 Å². The molecule has 1 aromatic carbocycles. The van der Waals surface area contributed by atoms with E-state index < -0.39 is 0 Å². The van der Waals surface area contributed by atoms with Gasteiger partial charge in [0.25, 0.3) is 0 Å². The Morgan fingerprint density at radius 1 is 1.31 bits per heavy atom. The van der Waals surface area contributed by atoms with Crippen molar-refractivity contribution >= 4 is 0 Å². The Morgan fingerprint density at radius 2 is 2.08 bits per heavy atom. The lowest BCUT2D eigenvalue weighted by Crippen LogP contribution is -2.26. The van der Waals surface area contributed by atoms with Crippen LogP contribution in [0.4, 0.5) is 0 Å². The van der Waals surface area contributed by atoms with Crippen molar-refractivity contribution in [3.63, 3.8) is 0 Å². The van der Waals surface area contributed by atoms with Gasteiger partial charge in [0.15, 0.2) is 0 Å². The minimum Gasteiger partial charge on any atom is -0.317 e. The molecule has 0 unspecified atom stereocenters. The fourth-order valence-corrected chi connectivity index (χ4v) is 1.98. The second-order valence-corrected chi connectivity index (χ2v) is 3.81. The SMILES string of the molecule is Cc1[c]c(C2CCNCC2)ccc1. The zero-order valence-electron chi connectivity index (χ0n) is 8.14. The summed E-state index contributed by atoms with van der Waals surface area (Å²) in [7, 11) is 0. The lowest BCUT2D eigenvalue weighted by Gasteiger charge is -2.22. The van der Waals surface area contributed by atoms with Crippen LogP contribution in [0.2, 0.25) is 0 Å². The second kappa shape index (κ2) is 3.93. The normalized spacial score (nSPS) is 18.8. The van der Waals surface area contributed by atoms with Crippen LogP contribution in [0.5, 0.6) is 0 Å². The van der Waals surface area contributed by atoms with Gasteiger partial charge in [-0.15, -0.1) is 0 Å². The number of hydrogen-bond donors (Lipinski definition) is 1. The predicted octanol–water partition coefficient (Wildman–Crippen LogP) is 2.26. The third-order valence-electron chi connectivity index (χ3n) is 2.74. The minimum absolute atomic E-state index is 0.737. The Balaban J connectivity index is 2.14. The van der Waals surface area contributed by atoms with E-state index in [0.717, 1.165) is 19.0 Å². The van der Waals surface area contributed by atoms with Gasteiger partial charge >= 0.3 is 0 Å². The van der Waals surface area contributed by atoms with Gasteiger partial charge in [0.05, 0.1) is 0 Å². The summed E-state index contributed by atoms with van der Waals surface area (Å²) in [6.45, 7) is 4.43. The Hall–Kier alpha value is -0.820. The van der Waals surface area contributed by atoms with Crippen LogP contribution in [0.1, 0.15) is 29.9 Å². The van der Waals surface area contributed by atoms with Crippen molar-refractivity contribution in [1.29, 1.82) is 0 Å². The summed E-state index contributed by atoms with van der Waals surface area (Å²) in [5.41, 5.74) is 2.66. The first-order valence-corrected chi connectivity index (χ1v) is 5.06. The molecule has 1 heteroatoms. The van der Waals surface area contributed by atoms with Crippen LogP contribution >= 0.6 is 0 Å². The second-order valence-electron chi connectivity index (χ2n) is 3.81. The third kappa shape index (κ3) is 2.10. The standard InChI is InChI=1S/C12H16N/c1-10-3-2-4-12(9-10)11-5-7-13-8-6-11/h2-4,11,13H,5-8H2,1H3. The lowest BCUT2D eigenvalue weighted by molar-refractivity contribution is 0.460. The van der Waals surface area contributed by atoms with Gasteiger partial charge in [0.1, 0.15) is 0 Å². The highest BCUT2D eigenvalue weighted by Gasteiger charge is 2.14. The number of piperidine rings is 1. The van der Waals surface area contributed by atoms with E-state index in [1.165, 1.54) is 24.0 Å². The number of hydrogen-bond acceptors (Lipinski definition) is 1. The van der Waals surface area contributed by atoms with Crippen LogP contribution in [-0.4, -0.2) is 13.1 Å². The molecule has 1 aliphatic heterocycles. The molecule has 2 rings (SSSR count). The van der Waals surface area contributed by atoms with E-state index in [-0.39, 0.29) is 0 Å². The molecule has 0 amide bonds. The van der Waals surface area contributed by atoms with Crippen molar-refractivity contribution in [1.82, 2.24) is 5.32 Å². The highest BCUT2D eigenvalue weighted by Crippen LogP contribution is 2.24. The molecule has 1 fully saturated rings. The van der Waals surface area contributed by atoms with Gasteiger partial charge in [-0.25, -0.2) is 0 Å². The summed E-state index contributed by atoms with van der Waals surface area (Å²) >= 11 is 0. The van der Waals surface area contributed by atoms with Crippen molar-refractivity contribution in [2.24, 2.45) is 0 Å². The fraction of sp³-hybridized carbons (Fsp3) is 0.500. The molecule has 1 aromatic rings. The largest absolute Gasteiger partial charge is 0.317 e. The first-order valence-electron chi connectivity index (χ1n) is 5.06. The maximum absolute atomic E-state index is 3.45. The van der Waals surface area contributed by atoms with Crippen LogP contribution in [-0.2, 0) is 0 Å². The van der Waals surface area contributed by atoms with Crippen LogP contribution in [0, 0.1) is 13.0 Å². The van der Waals surface area contributed by atoms with Gasteiger partial charge < -0.3 is 5.32 Å². The number of benzene rings is 1. The van der Waals surface area contributed by atoms with E-state index in [9.17, 15) is 0 Å². The quantitative estimate of drug-likeness (QED) is 0.688. The minimum atomic E-state index is 0.737. The molecule has 0 atom stereocenters. The van der Waals surface area contributed by atoms with Crippen LogP contribution < -0.4 is 5.32 Å². The van der Waals surface area contributed by atoms with E-state index in [0.29, 0.717) is 0 Å². The van der Waals surface area contributed by atoms with E-state index in [1.807, 2.05) is 0 Å². The van der Waals surface area contributed by atoms with Crippen molar-refractivity contribution < 1.29 is 0 Å². The molecule has 1 heterocycles.